The molecule has 0 heterocycles. The van der Waals surface area contributed by atoms with Crippen molar-refractivity contribution in [2.45, 2.75) is 60.6 Å². The number of aryl methyl sites for hydroxylation is 1. The van der Waals surface area contributed by atoms with Gasteiger partial charge in [-0.15, -0.1) is 0 Å². The van der Waals surface area contributed by atoms with Gasteiger partial charge in [-0.2, -0.15) is 52.7 Å². The van der Waals surface area contributed by atoms with Crippen molar-refractivity contribution in [1.82, 2.24) is 0 Å². The predicted molar refractivity (Wildman–Crippen MR) is 91.1 cm³/mol. The standard InChI is InChI=1S/C16H13BrF12O3S.Na/c17-10-6-4-9(5-7-10)3-1-2-8-11(18,19)12(20,21)13(22,23)14(24,25)15(26,27)16(28,29)33(30,31)32;/h4-7H,1-3,8H2,(H,30,31,32);/q;+1/p-1. The van der Waals surface area contributed by atoms with Crippen LogP contribution in [0.5, 0.6) is 0 Å². The second-order valence-corrected chi connectivity index (χ2v) is 9.14. The van der Waals surface area contributed by atoms with Gasteiger partial charge >= 0.3 is 64.4 Å². The van der Waals surface area contributed by atoms with E-state index >= 15 is 0 Å². The van der Waals surface area contributed by atoms with Gasteiger partial charge in [0.2, 0.25) is 0 Å². The first-order valence-electron chi connectivity index (χ1n) is 8.44. The summed E-state index contributed by atoms with van der Waals surface area (Å²) in [6.45, 7) is 0. The van der Waals surface area contributed by atoms with Gasteiger partial charge in [0, 0.05) is 10.9 Å². The second-order valence-electron chi connectivity index (χ2n) is 6.81. The molecule has 0 aliphatic rings. The average Bonchev–Trinajstić information content (AvgIpc) is 2.65. The van der Waals surface area contributed by atoms with E-state index < -0.39 is 57.8 Å². The molecule has 18 heteroatoms. The van der Waals surface area contributed by atoms with Crippen LogP contribution in [0.15, 0.2) is 28.7 Å². The molecule has 0 radical (unpaired) electrons. The Balaban J connectivity index is 0.0000109. The van der Waals surface area contributed by atoms with Gasteiger partial charge in [-0.1, -0.05) is 28.1 Å². The fraction of sp³-hybridized carbons (Fsp3) is 0.625. The Morgan fingerprint density at radius 1 is 0.706 bits per heavy atom. The molecule has 1 rings (SSSR count). The van der Waals surface area contributed by atoms with Crippen LogP contribution in [0.2, 0.25) is 0 Å². The maximum absolute atomic E-state index is 13.7. The molecule has 0 fully saturated rings. The van der Waals surface area contributed by atoms with E-state index in [1.54, 1.807) is 0 Å². The van der Waals surface area contributed by atoms with Crippen LogP contribution < -0.4 is 29.6 Å². The van der Waals surface area contributed by atoms with E-state index in [4.69, 9.17) is 0 Å². The predicted octanol–water partition coefficient (Wildman–Crippen LogP) is 3.48. The van der Waals surface area contributed by atoms with Gasteiger partial charge in [-0.3, -0.25) is 0 Å². The number of benzene rings is 1. The van der Waals surface area contributed by atoms with Crippen LogP contribution in [0.3, 0.4) is 0 Å². The number of alkyl halides is 12. The molecule has 0 atom stereocenters. The molecule has 0 aromatic heterocycles. The molecule has 0 saturated carbocycles. The molecule has 0 unspecified atom stereocenters. The van der Waals surface area contributed by atoms with Gasteiger partial charge in [0.05, 0.1) is 0 Å². The minimum absolute atomic E-state index is 0. The first kappa shape index (κ1) is 33.8. The fourth-order valence-corrected chi connectivity index (χ4v) is 3.15. The summed E-state index contributed by atoms with van der Waals surface area (Å²) in [6.07, 6.45) is -3.70. The summed E-state index contributed by atoms with van der Waals surface area (Å²) in [6, 6.07) is 5.97. The largest absolute Gasteiger partial charge is 1.00 e. The SMILES string of the molecule is O=S(=O)([O-])C(F)(F)C(F)(F)C(F)(F)C(F)(F)C(F)(F)C(F)(F)CCCCc1ccc(Br)cc1.[Na+]. The number of hydrogen-bond acceptors (Lipinski definition) is 3. The molecule has 0 spiro atoms. The summed E-state index contributed by atoms with van der Waals surface area (Å²) in [5, 5.41) is -7.54. The van der Waals surface area contributed by atoms with Crippen LogP contribution in [0.4, 0.5) is 52.7 Å². The molecule has 0 aliphatic carbocycles. The molecule has 0 amide bonds. The molecular weight excluding hydrogens is 603 g/mol. The number of halogens is 13. The summed E-state index contributed by atoms with van der Waals surface area (Å²) in [5.41, 5.74) is 0.478. The third-order valence-electron chi connectivity index (χ3n) is 4.44. The van der Waals surface area contributed by atoms with Crippen molar-refractivity contribution >= 4 is 26.0 Å². The third kappa shape index (κ3) is 5.84. The molecular formula is C16H12BrF12NaO3S. The number of hydrogen-bond donors (Lipinski definition) is 0. The Bertz CT molecular complexity index is 939. The minimum atomic E-state index is -8.09. The van der Waals surface area contributed by atoms with Crippen molar-refractivity contribution in [3.63, 3.8) is 0 Å². The summed E-state index contributed by atoms with van der Waals surface area (Å²) in [7, 11) is -7.81. The topological polar surface area (TPSA) is 57.2 Å². The number of rotatable bonds is 11. The van der Waals surface area contributed by atoms with Crippen LogP contribution in [-0.4, -0.2) is 47.8 Å². The van der Waals surface area contributed by atoms with E-state index in [-0.39, 0.29) is 42.4 Å². The van der Waals surface area contributed by atoms with Gasteiger partial charge in [0.25, 0.3) is 0 Å². The Hall–Kier alpha value is -0.230. The maximum atomic E-state index is 13.7. The molecule has 0 bridgehead atoms. The van der Waals surface area contributed by atoms with Crippen molar-refractivity contribution in [2.24, 2.45) is 0 Å². The van der Waals surface area contributed by atoms with Crippen LogP contribution in [0.1, 0.15) is 24.8 Å². The van der Waals surface area contributed by atoms with Crippen molar-refractivity contribution in [3.05, 3.63) is 34.3 Å². The van der Waals surface area contributed by atoms with Gasteiger partial charge in [0.15, 0.2) is 10.1 Å². The number of unbranched alkanes of at least 4 members (excludes halogenated alkanes) is 1. The summed E-state index contributed by atoms with van der Waals surface area (Å²) < 4.78 is 192. The van der Waals surface area contributed by atoms with Gasteiger partial charge in [-0.25, -0.2) is 8.42 Å². The Kier molecular flexibility index (Phi) is 10.6. The molecule has 1 aromatic carbocycles. The molecule has 0 aliphatic heterocycles. The molecule has 34 heavy (non-hydrogen) atoms. The first-order valence-corrected chi connectivity index (χ1v) is 10.6. The second kappa shape index (κ2) is 10.6. The molecule has 0 saturated heterocycles. The molecule has 0 N–H and O–H groups in total. The summed E-state index contributed by atoms with van der Waals surface area (Å²) in [4.78, 5) is 0. The molecule has 1 aromatic rings. The van der Waals surface area contributed by atoms with Gasteiger partial charge in [-0.05, 0) is 37.0 Å². The third-order valence-corrected chi connectivity index (χ3v) is 5.85. The van der Waals surface area contributed by atoms with Crippen molar-refractivity contribution in [2.75, 3.05) is 0 Å². The van der Waals surface area contributed by atoms with E-state index in [1.165, 1.54) is 24.3 Å². The maximum Gasteiger partial charge on any atom is 1.00 e. The van der Waals surface area contributed by atoms with Crippen LogP contribution in [0, 0.1) is 0 Å². The van der Waals surface area contributed by atoms with Gasteiger partial charge < -0.3 is 4.55 Å². The van der Waals surface area contributed by atoms with Crippen LogP contribution in [-0.2, 0) is 16.5 Å². The quantitative estimate of drug-likeness (QED) is 0.166. The van der Waals surface area contributed by atoms with Crippen molar-refractivity contribution < 1.29 is 95.2 Å². The Labute approximate surface area is 215 Å². The summed E-state index contributed by atoms with van der Waals surface area (Å²) in [5.74, 6) is -37.5. The zero-order valence-corrected chi connectivity index (χ0v) is 21.1. The van der Waals surface area contributed by atoms with E-state index in [2.05, 4.69) is 15.9 Å². The van der Waals surface area contributed by atoms with Crippen molar-refractivity contribution in [3.8, 4) is 0 Å². The van der Waals surface area contributed by atoms with Crippen LogP contribution in [0.25, 0.3) is 0 Å². The van der Waals surface area contributed by atoms with Crippen LogP contribution >= 0.6 is 15.9 Å². The smallest absolute Gasteiger partial charge is 0.743 e. The Morgan fingerprint density at radius 2 is 1.12 bits per heavy atom. The average molecular weight is 615 g/mol. The zero-order valence-electron chi connectivity index (χ0n) is 16.7. The van der Waals surface area contributed by atoms with E-state index in [9.17, 15) is 65.7 Å². The van der Waals surface area contributed by atoms with E-state index in [0.717, 1.165) is 0 Å². The normalized spacial score (nSPS) is 14.6. The minimum Gasteiger partial charge on any atom is -0.743 e. The van der Waals surface area contributed by atoms with E-state index in [0.29, 0.717) is 10.0 Å². The van der Waals surface area contributed by atoms with Crippen molar-refractivity contribution in [1.29, 1.82) is 0 Å². The molecule has 192 valence electrons. The Morgan fingerprint density at radius 3 is 1.53 bits per heavy atom. The van der Waals surface area contributed by atoms with Gasteiger partial charge in [0.1, 0.15) is 0 Å². The molecule has 3 nitrogen and oxygen atoms in total. The summed E-state index contributed by atoms with van der Waals surface area (Å²) >= 11 is 3.08. The van der Waals surface area contributed by atoms with E-state index in [1.807, 2.05) is 0 Å². The fourth-order valence-electron chi connectivity index (χ4n) is 2.45. The monoisotopic (exact) mass is 614 g/mol. The zero-order chi connectivity index (χ0) is 26.3. The first-order chi connectivity index (χ1) is 14.5.